The van der Waals surface area contributed by atoms with Crippen molar-refractivity contribution in [2.45, 2.75) is 13.8 Å². The molecule has 0 rings (SSSR count). The molecule has 0 aliphatic heterocycles. The fourth-order valence-corrected chi connectivity index (χ4v) is 0.913. The van der Waals surface area contributed by atoms with Gasteiger partial charge in [-0.2, -0.15) is 8.42 Å². The topological polar surface area (TPSA) is 113 Å². The smallest absolute Gasteiger partial charge is 0.333 e. The van der Waals surface area contributed by atoms with E-state index in [1.54, 1.807) is 0 Å². The number of carbonyl (C=O) groups is 1. The molecule has 18 heavy (non-hydrogen) atoms. The van der Waals surface area contributed by atoms with Gasteiger partial charge in [-0.3, -0.25) is 4.55 Å². The molecule has 0 aromatic carbocycles. The summed E-state index contributed by atoms with van der Waals surface area (Å²) < 4.78 is 32.9. The second-order valence-corrected chi connectivity index (χ2v) is 4.85. The Labute approximate surface area is 108 Å². The molecule has 8 heteroatoms. The highest BCUT2D eigenvalue weighted by Gasteiger charge is 2.07. The first kappa shape index (κ1) is 19.4. The summed E-state index contributed by atoms with van der Waals surface area (Å²) in [6.45, 7) is 8.28. The molecule has 0 fully saturated rings. The maximum Gasteiger partial charge on any atom is 0.333 e. The molecule has 0 aromatic heterocycles. The number of nitrogens with one attached hydrogen (secondary N) is 1. The lowest BCUT2D eigenvalue weighted by atomic mass is 10.4. The van der Waals surface area contributed by atoms with Gasteiger partial charge in [0, 0.05) is 12.1 Å². The molecule has 0 spiro atoms. The molecular weight excluding hydrogens is 262 g/mol. The van der Waals surface area contributed by atoms with Crippen LogP contribution in [0.15, 0.2) is 12.2 Å². The largest absolute Gasteiger partial charge is 0.461 e. The van der Waals surface area contributed by atoms with Crippen molar-refractivity contribution in [2.75, 3.05) is 32.1 Å². The van der Waals surface area contributed by atoms with Gasteiger partial charge in [-0.1, -0.05) is 13.5 Å². The van der Waals surface area contributed by atoms with Crippen LogP contribution < -0.4 is 5.32 Å². The van der Waals surface area contributed by atoms with Gasteiger partial charge in [-0.25, -0.2) is 4.79 Å². The predicted octanol–water partition coefficient (Wildman–Crippen LogP) is -0.418. The summed E-state index contributed by atoms with van der Waals surface area (Å²) >= 11 is 0. The van der Waals surface area contributed by atoms with Crippen molar-refractivity contribution in [2.24, 2.45) is 0 Å². The fourth-order valence-electron chi connectivity index (χ4n) is 0.619. The number of esters is 1. The minimum Gasteiger partial charge on any atom is -0.461 e. The Balaban J connectivity index is 0. The van der Waals surface area contributed by atoms with Gasteiger partial charge in [0.25, 0.3) is 10.1 Å². The molecular formula is C10H21NO6S. The highest BCUT2D eigenvalue weighted by Crippen LogP contribution is 1.92. The summed E-state index contributed by atoms with van der Waals surface area (Å²) in [7, 11) is -4.05. The first-order valence-corrected chi connectivity index (χ1v) is 6.94. The predicted molar refractivity (Wildman–Crippen MR) is 67.8 cm³/mol. The lowest BCUT2D eigenvalue weighted by Crippen LogP contribution is -2.16. The third-order valence-electron chi connectivity index (χ3n) is 1.46. The quantitative estimate of drug-likeness (QED) is 0.252. The van der Waals surface area contributed by atoms with E-state index in [2.05, 4.69) is 16.6 Å². The Morgan fingerprint density at radius 3 is 2.28 bits per heavy atom. The lowest BCUT2D eigenvalue weighted by molar-refractivity contribution is -0.138. The molecule has 0 atom stereocenters. The maximum absolute atomic E-state index is 10.6. The maximum atomic E-state index is 10.6. The standard InChI is InChI=1S/C6H10O5S.C4H11NO/c1-5(2)6(7)11-3-4-12(8,9)10;1-2-5-3-4-6/h1,3-4H2,2H3,(H,8,9,10);5-6H,2-4H2,1H3. The molecule has 0 saturated carbocycles. The van der Waals surface area contributed by atoms with Crippen molar-refractivity contribution in [3.8, 4) is 0 Å². The molecule has 0 bridgehead atoms. The van der Waals surface area contributed by atoms with E-state index in [1.807, 2.05) is 6.92 Å². The van der Waals surface area contributed by atoms with E-state index in [4.69, 9.17) is 9.66 Å². The van der Waals surface area contributed by atoms with Gasteiger partial charge in [0.15, 0.2) is 0 Å². The number of hydrogen-bond acceptors (Lipinski definition) is 6. The van der Waals surface area contributed by atoms with Gasteiger partial charge >= 0.3 is 5.97 Å². The lowest BCUT2D eigenvalue weighted by Gasteiger charge is -2.01. The van der Waals surface area contributed by atoms with Gasteiger partial charge in [0.2, 0.25) is 0 Å². The van der Waals surface area contributed by atoms with E-state index in [1.165, 1.54) is 6.92 Å². The minimum absolute atomic E-state index is 0.185. The van der Waals surface area contributed by atoms with Crippen LogP contribution in [-0.2, 0) is 19.6 Å². The summed E-state index contributed by atoms with van der Waals surface area (Å²) in [5, 5.41) is 11.1. The Bertz CT molecular complexity index is 334. The van der Waals surface area contributed by atoms with E-state index in [-0.39, 0.29) is 18.8 Å². The number of aliphatic hydroxyl groups excluding tert-OH is 1. The normalized spacial score (nSPS) is 10.2. The van der Waals surface area contributed by atoms with E-state index >= 15 is 0 Å². The van der Waals surface area contributed by atoms with Crippen LogP contribution in [0.25, 0.3) is 0 Å². The Morgan fingerprint density at radius 2 is 2.00 bits per heavy atom. The first-order chi connectivity index (χ1) is 8.24. The summed E-state index contributed by atoms with van der Waals surface area (Å²) in [6.07, 6.45) is 0. The Morgan fingerprint density at radius 1 is 1.44 bits per heavy atom. The number of rotatable bonds is 7. The van der Waals surface area contributed by atoms with Gasteiger partial charge < -0.3 is 15.2 Å². The molecule has 0 heterocycles. The zero-order valence-electron chi connectivity index (χ0n) is 10.7. The van der Waals surface area contributed by atoms with Gasteiger partial charge in [0.1, 0.15) is 12.4 Å². The second kappa shape index (κ2) is 11.1. The second-order valence-electron chi connectivity index (χ2n) is 3.28. The Hall–Kier alpha value is -0.960. The summed E-state index contributed by atoms with van der Waals surface area (Å²) in [4.78, 5) is 10.6. The van der Waals surface area contributed by atoms with Crippen LogP contribution >= 0.6 is 0 Å². The van der Waals surface area contributed by atoms with Crippen LogP contribution in [0.4, 0.5) is 0 Å². The van der Waals surface area contributed by atoms with Crippen molar-refractivity contribution in [1.29, 1.82) is 0 Å². The average molecular weight is 283 g/mol. The zero-order chi connectivity index (χ0) is 14.6. The average Bonchev–Trinajstić information content (AvgIpc) is 2.25. The molecule has 0 aromatic rings. The fraction of sp³-hybridized carbons (Fsp3) is 0.700. The SMILES string of the molecule is C=C(C)C(=O)OCCS(=O)(=O)O.CCNCCO. The van der Waals surface area contributed by atoms with Gasteiger partial charge in [-0.05, 0) is 13.5 Å². The number of ether oxygens (including phenoxy) is 1. The molecule has 0 amide bonds. The number of likely N-dealkylation sites (N-methyl/N-ethyl adjacent to an activating group) is 1. The van der Waals surface area contributed by atoms with E-state index in [0.717, 1.165) is 13.1 Å². The van der Waals surface area contributed by atoms with Crippen LogP contribution in [-0.4, -0.2) is 56.1 Å². The monoisotopic (exact) mass is 283 g/mol. The van der Waals surface area contributed by atoms with Crippen LogP contribution in [0, 0.1) is 0 Å². The van der Waals surface area contributed by atoms with Crippen molar-refractivity contribution >= 4 is 16.1 Å². The van der Waals surface area contributed by atoms with Crippen LogP contribution in [0.1, 0.15) is 13.8 Å². The molecule has 7 nitrogen and oxygen atoms in total. The van der Waals surface area contributed by atoms with Crippen molar-refractivity contribution < 1.29 is 27.6 Å². The van der Waals surface area contributed by atoms with Crippen LogP contribution in [0.3, 0.4) is 0 Å². The molecule has 0 unspecified atom stereocenters. The van der Waals surface area contributed by atoms with Crippen molar-refractivity contribution in [3.05, 3.63) is 12.2 Å². The molecule has 0 aliphatic rings. The van der Waals surface area contributed by atoms with Crippen molar-refractivity contribution in [1.82, 2.24) is 5.32 Å². The third-order valence-corrected chi connectivity index (χ3v) is 2.14. The number of aliphatic hydroxyl groups is 1. The number of carbonyl (C=O) groups excluding carboxylic acids is 1. The summed E-state index contributed by atoms with van der Waals surface area (Å²) in [5.74, 6) is -1.26. The molecule has 0 radical (unpaired) electrons. The van der Waals surface area contributed by atoms with Crippen molar-refractivity contribution in [3.63, 3.8) is 0 Å². The Kier molecular flexibility index (Phi) is 12.0. The van der Waals surface area contributed by atoms with Gasteiger partial charge in [-0.15, -0.1) is 0 Å². The third kappa shape index (κ3) is 17.4. The summed E-state index contributed by atoms with van der Waals surface area (Å²) in [6, 6.07) is 0. The van der Waals surface area contributed by atoms with Crippen LogP contribution in [0.2, 0.25) is 0 Å². The molecule has 0 aliphatic carbocycles. The molecule has 3 N–H and O–H groups in total. The highest BCUT2D eigenvalue weighted by molar-refractivity contribution is 7.85. The zero-order valence-corrected chi connectivity index (χ0v) is 11.5. The molecule has 108 valence electrons. The first-order valence-electron chi connectivity index (χ1n) is 5.34. The van der Waals surface area contributed by atoms with Gasteiger partial charge in [0.05, 0.1) is 6.61 Å². The number of hydrogen-bond donors (Lipinski definition) is 3. The highest BCUT2D eigenvalue weighted by atomic mass is 32.2. The van der Waals surface area contributed by atoms with E-state index in [9.17, 15) is 13.2 Å². The minimum atomic E-state index is -4.05. The molecule has 0 saturated heterocycles. The van der Waals surface area contributed by atoms with Crippen LogP contribution in [0.5, 0.6) is 0 Å². The van der Waals surface area contributed by atoms with E-state index < -0.39 is 21.8 Å². The van der Waals surface area contributed by atoms with E-state index in [0.29, 0.717) is 0 Å². The summed E-state index contributed by atoms with van der Waals surface area (Å²) in [5.41, 5.74) is 0.185.